The quantitative estimate of drug-likeness (QED) is 0.595. The van der Waals surface area contributed by atoms with Crippen molar-refractivity contribution in [1.82, 2.24) is 4.90 Å². The SMILES string of the molecule is COc1ccc([C@@H]2[C@@H](C(=O)O)[C@@H](c3ccc4c(c3)OCO4)CN2CC=CCC(C)C)cc1. The lowest BCUT2D eigenvalue weighted by molar-refractivity contribution is -0.143. The average Bonchev–Trinajstić information content (AvgIpc) is 3.40. The largest absolute Gasteiger partial charge is 0.497 e. The van der Waals surface area contributed by atoms with Gasteiger partial charge in [0.2, 0.25) is 6.79 Å². The van der Waals surface area contributed by atoms with Crippen LogP contribution >= 0.6 is 0 Å². The molecule has 2 aliphatic rings. The molecule has 0 aliphatic carbocycles. The number of hydrogen-bond acceptors (Lipinski definition) is 5. The van der Waals surface area contributed by atoms with Gasteiger partial charge in [-0.3, -0.25) is 9.69 Å². The fourth-order valence-corrected chi connectivity index (χ4v) is 4.68. The zero-order valence-corrected chi connectivity index (χ0v) is 18.9. The third-order valence-corrected chi connectivity index (χ3v) is 6.28. The lowest BCUT2D eigenvalue weighted by Crippen LogP contribution is -2.29. The summed E-state index contributed by atoms with van der Waals surface area (Å²) in [4.78, 5) is 14.8. The second kappa shape index (κ2) is 9.65. The minimum Gasteiger partial charge on any atom is -0.497 e. The van der Waals surface area contributed by atoms with Gasteiger partial charge in [-0.05, 0) is 47.7 Å². The van der Waals surface area contributed by atoms with Gasteiger partial charge in [0.15, 0.2) is 11.5 Å². The van der Waals surface area contributed by atoms with E-state index in [4.69, 9.17) is 14.2 Å². The zero-order valence-electron chi connectivity index (χ0n) is 18.9. The molecule has 32 heavy (non-hydrogen) atoms. The van der Waals surface area contributed by atoms with Crippen LogP contribution in [0.1, 0.15) is 43.4 Å². The van der Waals surface area contributed by atoms with Gasteiger partial charge in [-0.25, -0.2) is 0 Å². The number of rotatable bonds is 8. The van der Waals surface area contributed by atoms with Gasteiger partial charge in [0.05, 0.1) is 13.0 Å². The standard InChI is InChI=1S/C26H31NO5/c1-17(2)6-4-5-13-27-15-21(19-9-12-22-23(14-19)32-16-31-22)24(26(28)29)25(27)18-7-10-20(30-3)11-8-18/h4-5,7-12,14,17,21,24-25H,6,13,15-16H2,1-3H3,(H,28,29)/t21-,24+,25-/m1/s1. The van der Waals surface area contributed by atoms with Crippen LogP contribution in [-0.2, 0) is 4.79 Å². The van der Waals surface area contributed by atoms with Crippen molar-refractivity contribution in [1.29, 1.82) is 0 Å². The van der Waals surface area contributed by atoms with Gasteiger partial charge in [-0.2, -0.15) is 0 Å². The molecular formula is C26H31NO5. The predicted molar refractivity (Wildman–Crippen MR) is 122 cm³/mol. The molecule has 0 spiro atoms. The lowest BCUT2D eigenvalue weighted by Gasteiger charge is -2.26. The molecule has 0 radical (unpaired) electrons. The van der Waals surface area contributed by atoms with E-state index in [2.05, 4.69) is 30.9 Å². The van der Waals surface area contributed by atoms with E-state index in [9.17, 15) is 9.90 Å². The van der Waals surface area contributed by atoms with Crippen LogP contribution in [0, 0.1) is 11.8 Å². The number of carboxylic acid groups (broad SMARTS) is 1. The molecule has 6 heteroatoms. The summed E-state index contributed by atoms with van der Waals surface area (Å²) in [7, 11) is 1.63. The van der Waals surface area contributed by atoms with Gasteiger partial charge in [-0.1, -0.05) is 44.2 Å². The number of carbonyl (C=O) groups is 1. The Hall–Kier alpha value is -2.99. The molecule has 4 rings (SSSR count). The van der Waals surface area contributed by atoms with Gasteiger partial charge < -0.3 is 19.3 Å². The van der Waals surface area contributed by atoms with Crippen molar-refractivity contribution >= 4 is 5.97 Å². The highest BCUT2D eigenvalue weighted by atomic mass is 16.7. The van der Waals surface area contributed by atoms with Crippen molar-refractivity contribution in [2.45, 2.75) is 32.2 Å². The summed E-state index contributed by atoms with van der Waals surface area (Å²) in [5.74, 6) is 1.21. The summed E-state index contributed by atoms with van der Waals surface area (Å²) < 4.78 is 16.3. The average molecular weight is 438 g/mol. The third kappa shape index (κ3) is 4.60. The molecule has 1 N–H and O–H groups in total. The first kappa shape index (κ1) is 22.2. The van der Waals surface area contributed by atoms with Gasteiger partial charge in [0, 0.05) is 25.0 Å². The molecule has 1 fully saturated rings. The van der Waals surface area contributed by atoms with Crippen LogP contribution in [0.2, 0.25) is 0 Å². The highest BCUT2D eigenvalue weighted by Crippen LogP contribution is 2.47. The van der Waals surface area contributed by atoms with E-state index in [-0.39, 0.29) is 18.8 Å². The van der Waals surface area contributed by atoms with Crippen molar-refractivity contribution < 1.29 is 24.1 Å². The van der Waals surface area contributed by atoms with Crippen LogP contribution in [0.25, 0.3) is 0 Å². The summed E-state index contributed by atoms with van der Waals surface area (Å²) >= 11 is 0. The van der Waals surface area contributed by atoms with Crippen LogP contribution in [0.15, 0.2) is 54.6 Å². The van der Waals surface area contributed by atoms with E-state index in [0.717, 1.165) is 23.3 Å². The van der Waals surface area contributed by atoms with Crippen molar-refractivity contribution in [3.8, 4) is 17.2 Å². The van der Waals surface area contributed by atoms with E-state index < -0.39 is 11.9 Å². The molecule has 0 bridgehead atoms. The predicted octanol–water partition coefficient (Wildman–Crippen LogP) is 4.87. The molecule has 2 aromatic rings. The van der Waals surface area contributed by atoms with Crippen LogP contribution < -0.4 is 14.2 Å². The monoisotopic (exact) mass is 437 g/mol. The van der Waals surface area contributed by atoms with Crippen molar-refractivity contribution in [2.24, 2.45) is 11.8 Å². The highest BCUT2D eigenvalue weighted by Gasteiger charge is 2.47. The highest BCUT2D eigenvalue weighted by molar-refractivity contribution is 5.74. The summed E-state index contributed by atoms with van der Waals surface area (Å²) in [6.07, 6.45) is 5.37. The Labute approximate surface area is 189 Å². The second-order valence-electron chi connectivity index (χ2n) is 8.86. The van der Waals surface area contributed by atoms with Gasteiger partial charge in [-0.15, -0.1) is 0 Å². The Bertz CT molecular complexity index is 969. The number of benzene rings is 2. The fraction of sp³-hybridized carbons (Fsp3) is 0.423. The normalized spacial score (nSPS) is 22.7. The molecule has 0 saturated carbocycles. The van der Waals surface area contributed by atoms with Crippen molar-refractivity contribution in [2.75, 3.05) is 27.0 Å². The number of aliphatic carboxylic acids is 1. The summed E-state index contributed by atoms with van der Waals surface area (Å²) in [5.41, 5.74) is 1.95. The maximum Gasteiger partial charge on any atom is 0.309 e. The van der Waals surface area contributed by atoms with Gasteiger partial charge in [0.1, 0.15) is 5.75 Å². The first-order valence-corrected chi connectivity index (χ1v) is 11.1. The molecule has 0 aromatic heterocycles. The van der Waals surface area contributed by atoms with Crippen molar-refractivity contribution in [3.63, 3.8) is 0 Å². The minimum atomic E-state index is -0.790. The number of likely N-dealkylation sites (tertiary alicyclic amines) is 1. The summed E-state index contributed by atoms with van der Waals surface area (Å²) in [5, 5.41) is 10.3. The molecule has 2 aliphatic heterocycles. The zero-order chi connectivity index (χ0) is 22.7. The number of methoxy groups -OCH3 is 1. The Balaban J connectivity index is 1.68. The Morgan fingerprint density at radius 2 is 1.84 bits per heavy atom. The van der Waals surface area contributed by atoms with Crippen molar-refractivity contribution in [3.05, 3.63) is 65.7 Å². The molecule has 170 valence electrons. The lowest BCUT2D eigenvalue weighted by atomic mass is 9.82. The van der Waals surface area contributed by atoms with Crippen LogP contribution in [0.3, 0.4) is 0 Å². The van der Waals surface area contributed by atoms with Crippen LogP contribution in [0.5, 0.6) is 17.2 Å². The first-order chi connectivity index (χ1) is 15.5. The minimum absolute atomic E-state index is 0.160. The topological polar surface area (TPSA) is 68.2 Å². The molecule has 0 unspecified atom stereocenters. The van der Waals surface area contributed by atoms with E-state index in [1.54, 1.807) is 7.11 Å². The molecule has 3 atom stereocenters. The van der Waals surface area contributed by atoms with E-state index in [1.807, 2.05) is 42.5 Å². The number of carboxylic acids is 1. The number of hydrogen-bond donors (Lipinski definition) is 1. The first-order valence-electron chi connectivity index (χ1n) is 11.1. The molecule has 1 saturated heterocycles. The summed E-state index contributed by atoms with van der Waals surface area (Å²) in [6, 6.07) is 13.3. The van der Waals surface area contributed by atoms with E-state index in [1.165, 1.54) is 0 Å². The Morgan fingerprint density at radius 1 is 1.12 bits per heavy atom. The Kier molecular flexibility index (Phi) is 6.70. The second-order valence-corrected chi connectivity index (χ2v) is 8.86. The number of fused-ring (bicyclic) bond motifs is 1. The van der Waals surface area contributed by atoms with Gasteiger partial charge in [0.25, 0.3) is 0 Å². The van der Waals surface area contributed by atoms with E-state index in [0.29, 0.717) is 30.5 Å². The molecule has 2 heterocycles. The van der Waals surface area contributed by atoms with Crippen LogP contribution in [-0.4, -0.2) is 43.0 Å². The maximum atomic E-state index is 12.6. The molecular weight excluding hydrogens is 406 g/mol. The smallest absolute Gasteiger partial charge is 0.309 e. The Morgan fingerprint density at radius 3 is 2.53 bits per heavy atom. The van der Waals surface area contributed by atoms with Gasteiger partial charge >= 0.3 is 5.97 Å². The molecule has 2 aromatic carbocycles. The third-order valence-electron chi connectivity index (χ3n) is 6.28. The summed E-state index contributed by atoms with van der Waals surface area (Å²) in [6.45, 7) is 5.94. The van der Waals surface area contributed by atoms with E-state index >= 15 is 0 Å². The number of allylic oxidation sites excluding steroid dienone is 1. The molecule has 0 amide bonds. The number of ether oxygens (including phenoxy) is 3. The fourth-order valence-electron chi connectivity index (χ4n) is 4.68. The number of nitrogens with zero attached hydrogens (tertiary/aromatic N) is 1. The molecule has 6 nitrogen and oxygen atoms in total. The van der Waals surface area contributed by atoms with Crippen LogP contribution in [0.4, 0.5) is 0 Å². The maximum absolute atomic E-state index is 12.6.